The number of carbonyl (C=O) groups excluding carboxylic acids is 2. The molecule has 0 aromatic rings. The summed E-state index contributed by atoms with van der Waals surface area (Å²) in [5, 5.41) is 0. The van der Waals surface area contributed by atoms with Crippen LogP contribution in [0.1, 0.15) is 25.7 Å². The summed E-state index contributed by atoms with van der Waals surface area (Å²) < 4.78 is 0. The highest BCUT2D eigenvalue weighted by Crippen LogP contribution is 2.18. The zero-order chi connectivity index (χ0) is 17.5. The van der Waals surface area contributed by atoms with E-state index in [1.807, 2.05) is 0 Å². The van der Waals surface area contributed by atoms with Crippen molar-refractivity contribution in [2.75, 3.05) is 26.2 Å². The third-order valence-corrected chi connectivity index (χ3v) is 4.29. The Hall–Kier alpha value is -2.50. The van der Waals surface area contributed by atoms with Crippen molar-refractivity contribution in [1.29, 1.82) is 0 Å². The number of nitrogens with zero attached hydrogens (tertiary/aromatic N) is 2. The van der Waals surface area contributed by atoms with E-state index in [0.717, 1.165) is 24.1 Å². The maximum Gasteiger partial charge on any atom is 0.269 e. The minimum Gasteiger partial charge on any atom is -0.402 e. The monoisotopic (exact) mass is 330 g/mol. The van der Waals surface area contributed by atoms with Crippen LogP contribution in [0.5, 0.6) is 0 Å². The van der Waals surface area contributed by atoms with Crippen LogP contribution in [0, 0.1) is 0 Å². The molecule has 0 unspecified atom stereocenters. The molecule has 1 aliphatic carbocycles. The van der Waals surface area contributed by atoms with Crippen molar-refractivity contribution in [2.24, 2.45) is 11.5 Å². The fourth-order valence-corrected chi connectivity index (χ4v) is 2.77. The smallest absolute Gasteiger partial charge is 0.269 e. The van der Waals surface area contributed by atoms with Crippen LogP contribution in [0.15, 0.2) is 47.9 Å². The molecule has 6 nitrogen and oxygen atoms in total. The first-order chi connectivity index (χ1) is 11.5. The zero-order valence-electron chi connectivity index (χ0n) is 14.0. The van der Waals surface area contributed by atoms with E-state index in [-0.39, 0.29) is 17.5 Å². The second kappa shape index (κ2) is 8.38. The van der Waals surface area contributed by atoms with Crippen molar-refractivity contribution in [2.45, 2.75) is 25.7 Å². The summed E-state index contributed by atoms with van der Waals surface area (Å²) >= 11 is 0. The molecule has 1 saturated heterocycles. The number of amides is 2. The van der Waals surface area contributed by atoms with Crippen LogP contribution in [0.4, 0.5) is 0 Å². The van der Waals surface area contributed by atoms with E-state index in [2.05, 4.69) is 6.58 Å². The number of piperazine rings is 1. The van der Waals surface area contributed by atoms with Crippen LogP contribution in [0.2, 0.25) is 0 Å². The number of hydrogen-bond acceptors (Lipinski definition) is 4. The van der Waals surface area contributed by atoms with Crippen LogP contribution in [0.25, 0.3) is 0 Å². The highest BCUT2D eigenvalue weighted by Gasteiger charge is 2.26. The van der Waals surface area contributed by atoms with E-state index in [1.54, 1.807) is 34.1 Å². The summed E-state index contributed by atoms with van der Waals surface area (Å²) in [6, 6.07) is 0. The average Bonchev–Trinajstić information content (AvgIpc) is 2.61. The second-order valence-corrected chi connectivity index (χ2v) is 6.04. The van der Waals surface area contributed by atoms with Gasteiger partial charge >= 0.3 is 0 Å². The van der Waals surface area contributed by atoms with Gasteiger partial charge in [0.25, 0.3) is 5.91 Å². The number of unbranched alkanes of at least 4 members (excludes halogenated alkanes) is 1. The molecule has 24 heavy (non-hydrogen) atoms. The van der Waals surface area contributed by atoms with Gasteiger partial charge in [-0.25, -0.2) is 0 Å². The molecule has 0 atom stereocenters. The Balaban J connectivity index is 1.87. The van der Waals surface area contributed by atoms with E-state index >= 15 is 0 Å². The Morgan fingerprint density at radius 3 is 2.33 bits per heavy atom. The van der Waals surface area contributed by atoms with Gasteiger partial charge in [-0.15, -0.1) is 6.58 Å². The predicted molar refractivity (Wildman–Crippen MR) is 94.4 cm³/mol. The summed E-state index contributed by atoms with van der Waals surface area (Å²) in [5.74, 6) is -0.112. The Labute approximate surface area is 143 Å². The molecule has 0 aromatic carbocycles. The molecular formula is C18H26N4O2. The zero-order valence-corrected chi connectivity index (χ0v) is 14.0. The Morgan fingerprint density at radius 2 is 1.75 bits per heavy atom. The van der Waals surface area contributed by atoms with Crippen molar-refractivity contribution in [3.8, 4) is 0 Å². The second-order valence-electron chi connectivity index (χ2n) is 6.04. The Bertz CT molecular complexity index is 596. The molecule has 1 aliphatic heterocycles. The van der Waals surface area contributed by atoms with Crippen LogP contribution >= 0.6 is 0 Å². The molecule has 1 heterocycles. The van der Waals surface area contributed by atoms with Gasteiger partial charge in [0.05, 0.1) is 5.70 Å². The van der Waals surface area contributed by atoms with E-state index in [4.69, 9.17) is 11.5 Å². The third-order valence-electron chi connectivity index (χ3n) is 4.29. The normalized spacial score (nSPS) is 18.8. The topological polar surface area (TPSA) is 92.7 Å². The van der Waals surface area contributed by atoms with Gasteiger partial charge in [-0.3, -0.25) is 9.59 Å². The molecule has 2 amide bonds. The summed E-state index contributed by atoms with van der Waals surface area (Å²) in [4.78, 5) is 28.3. The van der Waals surface area contributed by atoms with Gasteiger partial charge in [0.1, 0.15) is 0 Å². The standard InChI is InChI=1S/C18H26N4O2/c1-2-3-4-5-16(20)18(24)22-12-10-21(11-13-22)17(23)14-6-8-15(19)9-7-14/h2,5-6,8H,1,3-4,7,9-13,19-20H2/b16-5-. The van der Waals surface area contributed by atoms with Crippen molar-refractivity contribution in [3.63, 3.8) is 0 Å². The molecule has 130 valence electrons. The molecule has 4 N–H and O–H groups in total. The van der Waals surface area contributed by atoms with Gasteiger partial charge in [0.15, 0.2) is 0 Å². The maximum atomic E-state index is 12.5. The predicted octanol–water partition coefficient (Wildman–Crippen LogP) is 1.03. The van der Waals surface area contributed by atoms with Gasteiger partial charge in [0, 0.05) is 37.4 Å². The van der Waals surface area contributed by atoms with E-state index in [1.165, 1.54) is 0 Å². The summed E-state index contributed by atoms with van der Waals surface area (Å²) in [7, 11) is 0. The quantitative estimate of drug-likeness (QED) is 0.447. The molecule has 6 heteroatoms. The minimum absolute atomic E-state index is 0.0420. The highest BCUT2D eigenvalue weighted by atomic mass is 16.2. The van der Waals surface area contributed by atoms with Crippen LogP contribution in [-0.2, 0) is 9.59 Å². The highest BCUT2D eigenvalue weighted by molar-refractivity contribution is 5.95. The first kappa shape index (κ1) is 17.8. The third kappa shape index (κ3) is 4.50. The summed E-state index contributed by atoms with van der Waals surface area (Å²) in [5.41, 5.74) is 13.4. The molecule has 0 bridgehead atoms. The lowest BCUT2D eigenvalue weighted by Gasteiger charge is -2.35. The van der Waals surface area contributed by atoms with Crippen molar-refractivity contribution >= 4 is 11.8 Å². The lowest BCUT2D eigenvalue weighted by molar-refractivity contribution is -0.135. The van der Waals surface area contributed by atoms with Gasteiger partial charge in [-0.2, -0.15) is 0 Å². The molecular weight excluding hydrogens is 304 g/mol. The SMILES string of the molecule is C=CCC/C=C(\N)C(=O)N1CCN(C(=O)C2=CC=C(N)CC2)CC1. The van der Waals surface area contributed by atoms with Crippen LogP contribution < -0.4 is 11.5 Å². The van der Waals surface area contributed by atoms with E-state index < -0.39 is 0 Å². The largest absolute Gasteiger partial charge is 0.402 e. The summed E-state index contributed by atoms with van der Waals surface area (Å²) in [6.45, 7) is 5.71. The fraction of sp³-hybridized carbons (Fsp3) is 0.444. The lowest BCUT2D eigenvalue weighted by atomic mass is 10.0. The molecule has 0 saturated carbocycles. The number of nitrogens with two attached hydrogens (primary N) is 2. The average molecular weight is 330 g/mol. The van der Waals surface area contributed by atoms with E-state index in [9.17, 15) is 9.59 Å². The fourth-order valence-electron chi connectivity index (χ4n) is 2.77. The Morgan fingerprint density at radius 1 is 1.08 bits per heavy atom. The van der Waals surface area contributed by atoms with Gasteiger partial charge in [0.2, 0.25) is 5.91 Å². The lowest BCUT2D eigenvalue weighted by Crippen LogP contribution is -2.51. The number of allylic oxidation sites excluding steroid dienone is 5. The van der Waals surface area contributed by atoms with Gasteiger partial charge in [-0.05, 0) is 31.8 Å². The molecule has 0 radical (unpaired) electrons. The maximum absolute atomic E-state index is 12.5. The van der Waals surface area contributed by atoms with Crippen LogP contribution in [0.3, 0.4) is 0 Å². The first-order valence-electron chi connectivity index (χ1n) is 8.33. The van der Waals surface area contributed by atoms with Gasteiger partial charge < -0.3 is 21.3 Å². The molecule has 1 fully saturated rings. The van der Waals surface area contributed by atoms with Gasteiger partial charge in [-0.1, -0.05) is 18.2 Å². The van der Waals surface area contributed by atoms with Crippen molar-refractivity contribution in [1.82, 2.24) is 9.80 Å². The number of hydrogen-bond donors (Lipinski definition) is 2. The van der Waals surface area contributed by atoms with Crippen molar-refractivity contribution in [3.05, 3.63) is 47.9 Å². The van der Waals surface area contributed by atoms with Crippen LogP contribution in [-0.4, -0.2) is 47.8 Å². The molecule has 2 rings (SSSR count). The minimum atomic E-state index is -0.154. The molecule has 0 spiro atoms. The number of carbonyl (C=O) groups is 2. The van der Waals surface area contributed by atoms with Crippen molar-refractivity contribution < 1.29 is 9.59 Å². The summed E-state index contributed by atoms with van der Waals surface area (Å²) in [6.07, 6.45) is 10.0. The number of rotatable bonds is 5. The molecule has 2 aliphatic rings. The first-order valence-corrected chi connectivity index (χ1v) is 8.33. The Kier molecular flexibility index (Phi) is 6.23. The van der Waals surface area contributed by atoms with E-state index in [0.29, 0.717) is 39.0 Å². The molecule has 0 aromatic heterocycles.